The molecular weight excluding hydrogens is 224 g/mol. The molecule has 1 fully saturated rings. The van der Waals surface area contributed by atoms with E-state index in [4.69, 9.17) is 0 Å². The second-order valence-corrected chi connectivity index (χ2v) is 4.03. The summed E-state index contributed by atoms with van der Waals surface area (Å²) < 4.78 is 0. The largest absolute Gasteiger partial charge is 0.330 e. The zero-order valence-electron chi connectivity index (χ0n) is 10.1. The highest BCUT2D eigenvalue weighted by atomic mass is 16.2. The fourth-order valence-corrected chi connectivity index (χ4v) is 1.26. The predicted octanol–water partition coefficient (Wildman–Crippen LogP) is -1.06. The monoisotopic (exact) mass is 240 g/mol. The molecule has 0 aliphatic carbocycles. The Bertz CT molecular complexity index is 365. The van der Waals surface area contributed by atoms with Crippen LogP contribution in [0.25, 0.3) is 0 Å². The third-order valence-electron chi connectivity index (χ3n) is 2.34. The molecule has 94 valence electrons. The molecule has 1 N–H and O–H groups in total. The number of likely N-dealkylation sites (N-methyl/N-ethyl adjacent to an activating group) is 1. The van der Waals surface area contributed by atoms with Crippen molar-refractivity contribution in [2.75, 3.05) is 34.2 Å². The highest BCUT2D eigenvalue weighted by Gasteiger charge is 2.37. The Balaban J connectivity index is 2.60. The molecule has 17 heavy (non-hydrogen) atoms. The zero-order valence-corrected chi connectivity index (χ0v) is 10.1. The first-order valence-corrected chi connectivity index (χ1v) is 5.20. The van der Waals surface area contributed by atoms with Gasteiger partial charge in [0.05, 0.1) is 6.54 Å². The highest BCUT2D eigenvalue weighted by Crippen LogP contribution is 2.06. The third kappa shape index (κ3) is 3.35. The van der Waals surface area contributed by atoms with Gasteiger partial charge in [0.15, 0.2) is 5.92 Å². The summed E-state index contributed by atoms with van der Waals surface area (Å²) in [4.78, 5) is 41.0. The van der Waals surface area contributed by atoms with E-state index in [0.29, 0.717) is 6.54 Å². The van der Waals surface area contributed by atoms with E-state index in [1.807, 2.05) is 19.0 Å². The van der Waals surface area contributed by atoms with E-state index in [9.17, 15) is 14.4 Å². The number of imide groups is 2. The number of rotatable bonds is 4. The average molecular weight is 240 g/mol. The Morgan fingerprint density at radius 1 is 1.41 bits per heavy atom. The number of hydrogen-bond donors (Lipinski definition) is 1. The lowest BCUT2D eigenvalue weighted by Crippen LogP contribution is -2.56. The minimum atomic E-state index is -1.00. The van der Waals surface area contributed by atoms with Gasteiger partial charge in [0.25, 0.3) is 0 Å². The molecule has 7 heteroatoms. The SMILES string of the molecule is CN(C)CCN=C[C@@H]1C(=O)NC(=O)N(C)C1=O. The second-order valence-electron chi connectivity index (χ2n) is 4.03. The molecule has 1 aliphatic rings. The molecule has 4 amide bonds. The summed E-state index contributed by atoms with van der Waals surface area (Å²) >= 11 is 0. The number of carbonyl (C=O) groups is 3. The van der Waals surface area contributed by atoms with Crippen molar-refractivity contribution in [1.82, 2.24) is 15.1 Å². The maximum Gasteiger partial charge on any atom is 0.330 e. The summed E-state index contributed by atoms with van der Waals surface area (Å²) in [5.74, 6) is -2.17. The molecule has 1 rings (SSSR count). The maximum atomic E-state index is 11.6. The maximum absolute atomic E-state index is 11.6. The van der Waals surface area contributed by atoms with Crippen LogP contribution in [0.4, 0.5) is 4.79 Å². The molecule has 0 aromatic carbocycles. The van der Waals surface area contributed by atoms with Crippen molar-refractivity contribution in [3.63, 3.8) is 0 Å². The van der Waals surface area contributed by atoms with Crippen molar-refractivity contribution in [3.05, 3.63) is 0 Å². The minimum absolute atomic E-state index is 0.502. The number of nitrogens with zero attached hydrogens (tertiary/aromatic N) is 3. The van der Waals surface area contributed by atoms with Gasteiger partial charge >= 0.3 is 6.03 Å². The quantitative estimate of drug-likeness (QED) is 0.502. The summed E-state index contributed by atoms with van der Waals surface area (Å²) in [6.07, 6.45) is 1.30. The number of nitrogens with one attached hydrogen (secondary N) is 1. The molecule has 0 spiro atoms. The van der Waals surface area contributed by atoms with Gasteiger partial charge in [-0.05, 0) is 14.1 Å². The Morgan fingerprint density at radius 3 is 2.65 bits per heavy atom. The van der Waals surface area contributed by atoms with E-state index in [-0.39, 0.29) is 0 Å². The van der Waals surface area contributed by atoms with Crippen LogP contribution in [0.1, 0.15) is 0 Å². The smallest absolute Gasteiger partial charge is 0.308 e. The van der Waals surface area contributed by atoms with Crippen LogP contribution in [0.3, 0.4) is 0 Å². The molecule has 1 aliphatic heterocycles. The van der Waals surface area contributed by atoms with E-state index in [0.717, 1.165) is 11.4 Å². The lowest BCUT2D eigenvalue weighted by Gasteiger charge is -2.24. The average Bonchev–Trinajstić information content (AvgIpc) is 2.24. The lowest BCUT2D eigenvalue weighted by molar-refractivity contribution is -0.138. The van der Waals surface area contributed by atoms with Crippen molar-refractivity contribution in [2.24, 2.45) is 10.9 Å². The first-order chi connectivity index (χ1) is 7.93. The molecule has 1 heterocycles. The molecule has 0 radical (unpaired) electrons. The number of urea groups is 1. The summed E-state index contributed by atoms with van der Waals surface area (Å²) in [5, 5.41) is 2.08. The molecule has 0 saturated carbocycles. The third-order valence-corrected chi connectivity index (χ3v) is 2.34. The fraction of sp³-hybridized carbons (Fsp3) is 0.600. The fourth-order valence-electron chi connectivity index (χ4n) is 1.26. The summed E-state index contributed by atoms with van der Waals surface area (Å²) in [6, 6.07) is -0.696. The molecule has 0 aromatic rings. The van der Waals surface area contributed by atoms with Crippen molar-refractivity contribution >= 4 is 24.1 Å². The Morgan fingerprint density at radius 2 is 2.06 bits per heavy atom. The van der Waals surface area contributed by atoms with Crippen molar-refractivity contribution in [3.8, 4) is 0 Å². The van der Waals surface area contributed by atoms with Crippen molar-refractivity contribution < 1.29 is 14.4 Å². The molecule has 0 bridgehead atoms. The van der Waals surface area contributed by atoms with Crippen LogP contribution < -0.4 is 5.32 Å². The minimum Gasteiger partial charge on any atom is -0.308 e. The first-order valence-electron chi connectivity index (χ1n) is 5.20. The predicted molar refractivity (Wildman–Crippen MR) is 61.7 cm³/mol. The summed E-state index contributed by atoms with van der Waals surface area (Å²) in [6.45, 7) is 1.23. The highest BCUT2D eigenvalue weighted by molar-refractivity contribution is 6.23. The van der Waals surface area contributed by atoms with Gasteiger partial charge in [-0.1, -0.05) is 0 Å². The van der Waals surface area contributed by atoms with E-state index in [1.54, 1.807) is 0 Å². The number of barbiturate groups is 1. The van der Waals surface area contributed by atoms with Gasteiger partial charge in [0.1, 0.15) is 0 Å². The standard InChI is InChI=1S/C10H16N4O3/c1-13(2)5-4-11-6-7-8(15)12-10(17)14(3)9(7)16/h6-7H,4-5H2,1-3H3,(H,12,15,17)/t7-/m1/s1. The van der Waals surface area contributed by atoms with Crippen LogP contribution in [0.5, 0.6) is 0 Å². The normalized spacial score (nSPS) is 21.5. The van der Waals surface area contributed by atoms with Gasteiger partial charge < -0.3 is 4.90 Å². The van der Waals surface area contributed by atoms with Crippen molar-refractivity contribution in [2.45, 2.75) is 0 Å². The van der Waals surface area contributed by atoms with Gasteiger partial charge in [0.2, 0.25) is 11.8 Å². The Kier molecular flexibility index (Phi) is 4.33. The topological polar surface area (TPSA) is 82.1 Å². The van der Waals surface area contributed by atoms with E-state index < -0.39 is 23.8 Å². The number of amides is 4. The van der Waals surface area contributed by atoms with Gasteiger partial charge in [-0.15, -0.1) is 0 Å². The number of carbonyl (C=O) groups excluding carboxylic acids is 3. The van der Waals surface area contributed by atoms with Gasteiger partial charge in [-0.3, -0.25) is 24.8 Å². The molecule has 1 saturated heterocycles. The second kappa shape index (κ2) is 5.53. The van der Waals surface area contributed by atoms with Gasteiger partial charge in [0, 0.05) is 19.8 Å². The van der Waals surface area contributed by atoms with Crippen molar-refractivity contribution in [1.29, 1.82) is 0 Å². The van der Waals surface area contributed by atoms with Crippen LogP contribution in [-0.2, 0) is 9.59 Å². The van der Waals surface area contributed by atoms with Crippen LogP contribution in [-0.4, -0.2) is 68.1 Å². The molecule has 0 aromatic heterocycles. The van der Waals surface area contributed by atoms with Gasteiger partial charge in [-0.2, -0.15) is 0 Å². The number of hydrogen-bond acceptors (Lipinski definition) is 5. The van der Waals surface area contributed by atoms with E-state index >= 15 is 0 Å². The van der Waals surface area contributed by atoms with Crippen LogP contribution >= 0.6 is 0 Å². The summed E-state index contributed by atoms with van der Waals surface area (Å²) in [7, 11) is 5.13. The van der Waals surface area contributed by atoms with Crippen LogP contribution in [0, 0.1) is 5.92 Å². The van der Waals surface area contributed by atoms with E-state index in [2.05, 4.69) is 10.3 Å². The lowest BCUT2D eigenvalue weighted by atomic mass is 10.1. The van der Waals surface area contributed by atoms with Crippen LogP contribution in [0.15, 0.2) is 4.99 Å². The Labute approximate surface area is 99.5 Å². The van der Waals surface area contributed by atoms with Crippen LogP contribution in [0.2, 0.25) is 0 Å². The summed E-state index contributed by atoms with van der Waals surface area (Å²) in [5.41, 5.74) is 0. The molecule has 0 unspecified atom stereocenters. The molecule has 1 atom stereocenters. The van der Waals surface area contributed by atoms with Gasteiger partial charge in [-0.25, -0.2) is 4.79 Å². The zero-order chi connectivity index (χ0) is 13.0. The number of aliphatic imine (C=N–C) groups is 1. The molecular formula is C10H16N4O3. The van der Waals surface area contributed by atoms with E-state index in [1.165, 1.54) is 13.3 Å². The first kappa shape index (κ1) is 13.3. The molecule has 7 nitrogen and oxygen atoms in total. The Hall–Kier alpha value is -1.76.